The van der Waals surface area contributed by atoms with E-state index in [-0.39, 0.29) is 17.8 Å². The zero-order valence-electron chi connectivity index (χ0n) is 18.1. The number of hydrogen-bond acceptors (Lipinski definition) is 2. The number of nitrogens with one attached hydrogen (secondary N) is 2. The highest BCUT2D eigenvalue weighted by atomic mass is 19.1. The molecule has 0 fully saturated rings. The Morgan fingerprint density at radius 1 is 1.00 bits per heavy atom. The Morgan fingerprint density at radius 3 is 2.35 bits per heavy atom. The second kappa shape index (κ2) is 9.31. The highest BCUT2D eigenvalue weighted by molar-refractivity contribution is 5.94. The van der Waals surface area contributed by atoms with Crippen LogP contribution in [0.2, 0.25) is 0 Å². The highest BCUT2D eigenvalue weighted by Gasteiger charge is 2.29. The first-order chi connectivity index (χ1) is 15.0. The number of carbonyl (C=O) groups excluding carboxylic acids is 1. The zero-order valence-corrected chi connectivity index (χ0v) is 18.1. The molecule has 160 valence electrons. The van der Waals surface area contributed by atoms with Crippen molar-refractivity contribution in [3.05, 3.63) is 101 Å². The molecule has 31 heavy (non-hydrogen) atoms. The predicted octanol–water partition coefficient (Wildman–Crippen LogP) is 3.00. The van der Waals surface area contributed by atoms with Crippen LogP contribution in [0.25, 0.3) is 0 Å². The molecule has 3 aromatic rings. The summed E-state index contributed by atoms with van der Waals surface area (Å²) in [6, 6.07) is 23.0. The smallest absolute Gasteiger partial charge is 0.251 e. The fourth-order valence-electron chi connectivity index (χ4n) is 4.30. The third-order valence-electron chi connectivity index (χ3n) is 6.13. The van der Waals surface area contributed by atoms with E-state index in [1.54, 1.807) is 0 Å². The molecular weight excluding hydrogens is 389 g/mol. The largest absolute Gasteiger partial charge is 0.378 e. The average molecular weight is 419 g/mol. The number of carbonyl (C=O) groups is 1. The molecule has 1 heterocycles. The van der Waals surface area contributed by atoms with Crippen LogP contribution in [0.3, 0.4) is 0 Å². The van der Waals surface area contributed by atoms with Crippen LogP contribution in [-0.4, -0.2) is 33.1 Å². The van der Waals surface area contributed by atoms with Crippen molar-refractivity contribution in [2.24, 2.45) is 0 Å². The summed E-state index contributed by atoms with van der Waals surface area (Å²) in [7, 11) is 4.06. The van der Waals surface area contributed by atoms with E-state index in [2.05, 4.69) is 58.7 Å². The third kappa shape index (κ3) is 4.94. The van der Waals surface area contributed by atoms with E-state index in [1.165, 1.54) is 45.9 Å². The van der Waals surface area contributed by atoms with Crippen molar-refractivity contribution in [2.45, 2.75) is 19.0 Å². The monoisotopic (exact) mass is 418 g/mol. The number of hydrogen-bond donors (Lipinski definition) is 2. The lowest BCUT2D eigenvalue weighted by atomic mass is 9.96. The first-order valence-electron chi connectivity index (χ1n) is 10.7. The third-order valence-corrected chi connectivity index (χ3v) is 6.13. The summed E-state index contributed by atoms with van der Waals surface area (Å²) in [5.74, 6) is -0.515. The van der Waals surface area contributed by atoms with Gasteiger partial charge in [-0.1, -0.05) is 36.4 Å². The fraction of sp³-hybridized carbons (Fsp3) is 0.269. The van der Waals surface area contributed by atoms with Gasteiger partial charge in [0.25, 0.3) is 5.91 Å². The Bertz CT molecular complexity index is 1030. The van der Waals surface area contributed by atoms with E-state index in [1.807, 2.05) is 14.1 Å². The van der Waals surface area contributed by atoms with Crippen molar-refractivity contribution in [1.29, 1.82) is 0 Å². The Labute approximate surface area is 183 Å². The predicted molar refractivity (Wildman–Crippen MR) is 122 cm³/mol. The van der Waals surface area contributed by atoms with E-state index < -0.39 is 0 Å². The van der Waals surface area contributed by atoms with Gasteiger partial charge in [-0.3, -0.25) is 4.79 Å². The molecule has 4 rings (SSSR count). The van der Waals surface area contributed by atoms with Gasteiger partial charge in [0.05, 0.1) is 13.1 Å². The molecule has 2 N–H and O–H groups in total. The summed E-state index contributed by atoms with van der Waals surface area (Å²) in [5.41, 5.74) is 5.63. The van der Waals surface area contributed by atoms with Gasteiger partial charge in [-0.15, -0.1) is 0 Å². The number of amides is 1. The second-order valence-corrected chi connectivity index (χ2v) is 8.36. The number of nitrogens with zero attached hydrogens (tertiary/aromatic N) is 1. The molecule has 0 aromatic heterocycles. The van der Waals surface area contributed by atoms with Gasteiger partial charge >= 0.3 is 0 Å². The van der Waals surface area contributed by atoms with Crippen LogP contribution in [0.15, 0.2) is 72.8 Å². The van der Waals surface area contributed by atoms with Crippen molar-refractivity contribution in [3.8, 4) is 0 Å². The normalized spacial score (nSPS) is 16.3. The Kier molecular flexibility index (Phi) is 6.33. The van der Waals surface area contributed by atoms with Crippen molar-refractivity contribution < 1.29 is 14.1 Å². The molecular formula is C26H29FN3O+. The summed E-state index contributed by atoms with van der Waals surface area (Å²) in [4.78, 5) is 16.2. The number of anilines is 1. The lowest BCUT2D eigenvalue weighted by Gasteiger charge is -2.33. The molecule has 2 atom stereocenters. The quantitative estimate of drug-likeness (QED) is 0.646. The molecule has 5 heteroatoms. The molecule has 0 bridgehead atoms. The average Bonchev–Trinajstić information content (AvgIpc) is 2.79. The van der Waals surface area contributed by atoms with Crippen LogP contribution < -0.4 is 15.1 Å². The Hall–Kier alpha value is -3.18. The van der Waals surface area contributed by atoms with Crippen LogP contribution in [0.1, 0.15) is 33.1 Å². The van der Waals surface area contributed by atoms with Crippen LogP contribution in [0, 0.1) is 5.82 Å². The lowest BCUT2D eigenvalue weighted by molar-refractivity contribution is -0.945. The molecule has 0 saturated carbocycles. The van der Waals surface area contributed by atoms with Gasteiger partial charge in [-0.2, -0.15) is 0 Å². The molecule has 0 spiro atoms. The summed E-state index contributed by atoms with van der Waals surface area (Å²) < 4.78 is 13.2. The summed E-state index contributed by atoms with van der Waals surface area (Å²) in [6.07, 6.45) is 1.03. The van der Waals surface area contributed by atoms with Gasteiger partial charge in [0.1, 0.15) is 18.4 Å². The van der Waals surface area contributed by atoms with Crippen molar-refractivity contribution in [1.82, 2.24) is 5.32 Å². The molecule has 1 aliphatic rings. The van der Waals surface area contributed by atoms with Gasteiger partial charge in [0.15, 0.2) is 0 Å². The molecule has 0 radical (unpaired) electrons. The van der Waals surface area contributed by atoms with E-state index >= 15 is 0 Å². The number of fused-ring (bicyclic) bond motifs is 1. The lowest BCUT2D eigenvalue weighted by Crippen LogP contribution is -3.12. The minimum absolute atomic E-state index is 0.133. The standard InChI is InChI=1S/C26H28FN3O/c1-29(2)24-13-9-20(10-14-24)25(17-28-26(31)21-7-11-23(27)12-8-21)30-16-15-19-5-3-4-6-22(19)18-30/h3-14,25H,15-18H2,1-2H3,(H,28,31)/p+1/t25-/m1/s1. The number of quaternary nitrogens is 1. The highest BCUT2D eigenvalue weighted by Crippen LogP contribution is 2.19. The van der Waals surface area contributed by atoms with Gasteiger partial charge in [-0.25, -0.2) is 4.39 Å². The summed E-state index contributed by atoms with van der Waals surface area (Å²) >= 11 is 0. The van der Waals surface area contributed by atoms with Gasteiger partial charge in [0, 0.05) is 42.9 Å². The molecule has 1 amide bonds. The minimum Gasteiger partial charge on any atom is -0.378 e. The molecule has 1 unspecified atom stereocenters. The molecule has 1 aliphatic heterocycles. The van der Waals surface area contributed by atoms with Gasteiger partial charge < -0.3 is 15.1 Å². The zero-order chi connectivity index (χ0) is 21.8. The fourth-order valence-corrected chi connectivity index (χ4v) is 4.30. The number of rotatable bonds is 6. The SMILES string of the molecule is CN(C)c1ccc([C@@H](CNC(=O)c2ccc(F)cc2)[NH+]2CCc3ccccc3C2)cc1. The van der Waals surface area contributed by atoms with E-state index in [0.29, 0.717) is 12.1 Å². The van der Waals surface area contributed by atoms with Crippen LogP contribution >= 0.6 is 0 Å². The molecule has 0 aliphatic carbocycles. The number of benzene rings is 3. The van der Waals surface area contributed by atoms with Crippen molar-refractivity contribution >= 4 is 11.6 Å². The van der Waals surface area contributed by atoms with Crippen molar-refractivity contribution in [2.75, 3.05) is 32.1 Å². The van der Waals surface area contributed by atoms with Crippen molar-refractivity contribution in [3.63, 3.8) is 0 Å². The number of halogens is 1. The maximum Gasteiger partial charge on any atom is 0.251 e. The Morgan fingerprint density at radius 2 is 1.68 bits per heavy atom. The van der Waals surface area contributed by atoms with Crippen LogP contribution in [0.4, 0.5) is 10.1 Å². The van der Waals surface area contributed by atoms with E-state index in [0.717, 1.165) is 25.2 Å². The maximum absolute atomic E-state index is 13.2. The van der Waals surface area contributed by atoms with Gasteiger partial charge in [0.2, 0.25) is 0 Å². The minimum atomic E-state index is -0.341. The Balaban J connectivity index is 1.55. The van der Waals surface area contributed by atoms with Crippen LogP contribution in [-0.2, 0) is 13.0 Å². The summed E-state index contributed by atoms with van der Waals surface area (Å²) in [6.45, 7) is 2.47. The van der Waals surface area contributed by atoms with E-state index in [9.17, 15) is 9.18 Å². The first-order valence-corrected chi connectivity index (χ1v) is 10.7. The molecule has 0 saturated heterocycles. The molecule has 3 aromatic carbocycles. The summed E-state index contributed by atoms with van der Waals surface area (Å²) in [5, 5.41) is 3.08. The topological polar surface area (TPSA) is 36.8 Å². The maximum atomic E-state index is 13.2. The molecule has 4 nitrogen and oxygen atoms in total. The van der Waals surface area contributed by atoms with Gasteiger partial charge in [-0.05, 0) is 42.0 Å². The van der Waals surface area contributed by atoms with Crippen LogP contribution in [0.5, 0.6) is 0 Å². The first kappa shape index (κ1) is 21.1. The second-order valence-electron chi connectivity index (χ2n) is 8.36. The van der Waals surface area contributed by atoms with E-state index in [4.69, 9.17) is 0 Å².